The van der Waals surface area contributed by atoms with Gasteiger partial charge in [0.1, 0.15) is 11.6 Å². The quantitative estimate of drug-likeness (QED) is 0.745. The number of aryl methyl sites for hydroxylation is 1. The smallest absolute Gasteiger partial charge is 0.159 e. The molecule has 1 aliphatic heterocycles. The Morgan fingerprint density at radius 1 is 1.07 bits per heavy atom. The molecule has 140 valence electrons. The van der Waals surface area contributed by atoms with Crippen LogP contribution in [0.1, 0.15) is 11.4 Å². The van der Waals surface area contributed by atoms with Crippen LogP contribution in [0.5, 0.6) is 0 Å². The Bertz CT molecular complexity index is 918. The van der Waals surface area contributed by atoms with Crippen LogP contribution in [0.4, 0.5) is 5.82 Å². The first-order chi connectivity index (χ1) is 13.2. The first-order valence-electron chi connectivity index (χ1n) is 9.17. The number of anilines is 1. The van der Waals surface area contributed by atoms with Crippen LogP contribution in [-0.2, 0) is 11.2 Å². The van der Waals surface area contributed by atoms with Crippen LogP contribution in [0.15, 0.2) is 42.6 Å². The van der Waals surface area contributed by atoms with Crippen molar-refractivity contribution in [3.8, 4) is 17.1 Å². The van der Waals surface area contributed by atoms with Gasteiger partial charge in [-0.3, -0.25) is 0 Å². The normalized spacial score (nSPS) is 14.5. The average molecular weight is 365 g/mol. The van der Waals surface area contributed by atoms with Crippen molar-refractivity contribution in [1.29, 1.82) is 0 Å². The molecule has 0 aliphatic carbocycles. The van der Waals surface area contributed by atoms with E-state index in [-0.39, 0.29) is 6.61 Å². The lowest BCUT2D eigenvalue weighted by Gasteiger charge is -2.28. The molecule has 7 nitrogen and oxygen atoms in total. The van der Waals surface area contributed by atoms with Gasteiger partial charge in [0.05, 0.1) is 25.5 Å². The Morgan fingerprint density at radius 3 is 2.67 bits per heavy atom. The molecule has 1 aliphatic rings. The zero-order valence-electron chi connectivity index (χ0n) is 15.4. The van der Waals surface area contributed by atoms with Crippen molar-refractivity contribution in [3.63, 3.8) is 0 Å². The molecule has 1 N–H and O–H groups in total. The standard InChI is InChI=1S/C20H23N5O2/c1-15-3-2-4-16(13-15)17-5-7-25(23-17)20-14-19(21-18(22-20)6-10-26)24-8-11-27-12-9-24/h2-5,7,13-14,26H,6,8-12H2,1H3. The van der Waals surface area contributed by atoms with Gasteiger partial charge in [0.25, 0.3) is 0 Å². The number of morpholine rings is 1. The number of aliphatic hydroxyl groups excluding tert-OH is 1. The molecule has 0 unspecified atom stereocenters. The number of aromatic nitrogens is 4. The Morgan fingerprint density at radius 2 is 1.89 bits per heavy atom. The van der Waals surface area contributed by atoms with Crippen LogP contribution >= 0.6 is 0 Å². The molecule has 3 aromatic rings. The van der Waals surface area contributed by atoms with E-state index in [0.29, 0.717) is 31.3 Å². The average Bonchev–Trinajstić information content (AvgIpc) is 3.19. The van der Waals surface area contributed by atoms with E-state index >= 15 is 0 Å². The number of rotatable bonds is 5. The van der Waals surface area contributed by atoms with E-state index < -0.39 is 0 Å². The second kappa shape index (κ2) is 7.85. The lowest BCUT2D eigenvalue weighted by Crippen LogP contribution is -2.37. The van der Waals surface area contributed by atoms with Gasteiger partial charge in [-0.2, -0.15) is 5.10 Å². The monoisotopic (exact) mass is 365 g/mol. The molecule has 0 atom stereocenters. The minimum Gasteiger partial charge on any atom is -0.396 e. The van der Waals surface area contributed by atoms with Crippen molar-refractivity contribution < 1.29 is 9.84 Å². The number of hydrogen-bond acceptors (Lipinski definition) is 6. The Kier molecular flexibility index (Phi) is 5.13. The van der Waals surface area contributed by atoms with E-state index in [2.05, 4.69) is 40.0 Å². The van der Waals surface area contributed by atoms with Gasteiger partial charge in [-0.15, -0.1) is 0 Å². The molecule has 0 spiro atoms. The summed E-state index contributed by atoms with van der Waals surface area (Å²) in [5, 5.41) is 14.0. The van der Waals surface area contributed by atoms with Gasteiger partial charge in [0.15, 0.2) is 5.82 Å². The third kappa shape index (κ3) is 3.99. The molecule has 4 rings (SSSR count). The summed E-state index contributed by atoms with van der Waals surface area (Å²) < 4.78 is 7.20. The van der Waals surface area contributed by atoms with Crippen molar-refractivity contribution in [2.75, 3.05) is 37.8 Å². The highest BCUT2D eigenvalue weighted by Gasteiger charge is 2.16. The lowest BCUT2D eigenvalue weighted by molar-refractivity contribution is 0.122. The molecular weight excluding hydrogens is 342 g/mol. The lowest BCUT2D eigenvalue weighted by atomic mass is 10.1. The minimum absolute atomic E-state index is 0.0135. The maximum atomic E-state index is 9.33. The van der Waals surface area contributed by atoms with Crippen molar-refractivity contribution >= 4 is 5.82 Å². The molecule has 0 amide bonds. The van der Waals surface area contributed by atoms with Crippen LogP contribution < -0.4 is 4.90 Å². The molecule has 1 aromatic carbocycles. The molecule has 1 saturated heterocycles. The summed E-state index contributed by atoms with van der Waals surface area (Å²) in [5.41, 5.74) is 3.17. The molecule has 7 heteroatoms. The third-order valence-corrected chi connectivity index (χ3v) is 4.55. The van der Waals surface area contributed by atoms with Gasteiger partial charge >= 0.3 is 0 Å². The Labute approximate surface area is 158 Å². The van der Waals surface area contributed by atoms with E-state index in [0.717, 1.165) is 30.2 Å². The number of aliphatic hydroxyl groups is 1. The Hall–Kier alpha value is -2.77. The highest BCUT2D eigenvalue weighted by molar-refractivity contribution is 5.60. The molecular formula is C20H23N5O2. The summed E-state index contributed by atoms with van der Waals surface area (Å²) in [5.74, 6) is 2.16. The topological polar surface area (TPSA) is 76.3 Å². The van der Waals surface area contributed by atoms with Crippen molar-refractivity contribution in [3.05, 3.63) is 54.0 Å². The summed E-state index contributed by atoms with van der Waals surface area (Å²) in [7, 11) is 0. The first kappa shape index (κ1) is 17.6. The van der Waals surface area contributed by atoms with Crippen LogP contribution in [0.25, 0.3) is 17.1 Å². The first-order valence-corrected chi connectivity index (χ1v) is 9.17. The fourth-order valence-electron chi connectivity index (χ4n) is 3.16. The predicted octanol–water partition coefficient (Wildman–Crippen LogP) is 2.01. The van der Waals surface area contributed by atoms with E-state index in [1.807, 2.05) is 24.4 Å². The number of hydrogen-bond donors (Lipinski definition) is 1. The summed E-state index contributed by atoms with van der Waals surface area (Å²) in [6.07, 6.45) is 2.32. The number of benzene rings is 1. The van der Waals surface area contributed by atoms with Crippen molar-refractivity contribution in [2.45, 2.75) is 13.3 Å². The zero-order chi connectivity index (χ0) is 18.6. The molecule has 2 aromatic heterocycles. The van der Waals surface area contributed by atoms with Gasteiger partial charge in [-0.1, -0.05) is 23.8 Å². The zero-order valence-corrected chi connectivity index (χ0v) is 15.4. The molecule has 27 heavy (non-hydrogen) atoms. The largest absolute Gasteiger partial charge is 0.396 e. The van der Waals surface area contributed by atoms with E-state index in [1.54, 1.807) is 4.68 Å². The van der Waals surface area contributed by atoms with Crippen molar-refractivity contribution in [1.82, 2.24) is 19.7 Å². The van der Waals surface area contributed by atoms with Crippen LogP contribution in [0.3, 0.4) is 0 Å². The Balaban J connectivity index is 1.69. The third-order valence-electron chi connectivity index (χ3n) is 4.55. The molecule has 0 radical (unpaired) electrons. The molecule has 3 heterocycles. The number of nitrogens with zero attached hydrogens (tertiary/aromatic N) is 5. The van der Waals surface area contributed by atoms with Gasteiger partial charge in [0, 0.05) is 37.3 Å². The van der Waals surface area contributed by atoms with Crippen molar-refractivity contribution in [2.24, 2.45) is 0 Å². The van der Waals surface area contributed by atoms with E-state index in [4.69, 9.17) is 9.84 Å². The summed E-state index contributed by atoms with van der Waals surface area (Å²) in [6.45, 7) is 5.05. The highest BCUT2D eigenvalue weighted by atomic mass is 16.5. The van der Waals surface area contributed by atoms with Gasteiger partial charge in [-0.25, -0.2) is 14.6 Å². The van der Waals surface area contributed by atoms with Gasteiger partial charge < -0.3 is 14.7 Å². The SMILES string of the molecule is Cc1cccc(-c2ccn(-c3cc(N4CCOCC4)nc(CCO)n3)n2)c1. The fraction of sp³-hybridized carbons (Fsp3) is 0.350. The van der Waals surface area contributed by atoms with Crippen LogP contribution in [0.2, 0.25) is 0 Å². The maximum absolute atomic E-state index is 9.33. The second-order valence-corrected chi connectivity index (χ2v) is 6.59. The van der Waals surface area contributed by atoms with Crippen LogP contribution in [-0.4, -0.2) is 57.8 Å². The number of ether oxygens (including phenoxy) is 1. The second-order valence-electron chi connectivity index (χ2n) is 6.59. The summed E-state index contributed by atoms with van der Waals surface area (Å²) >= 11 is 0. The predicted molar refractivity (Wildman–Crippen MR) is 103 cm³/mol. The maximum Gasteiger partial charge on any atom is 0.159 e. The molecule has 1 fully saturated rings. The molecule has 0 saturated carbocycles. The fourth-order valence-corrected chi connectivity index (χ4v) is 3.16. The molecule has 0 bridgehead atoms. The van der Waals surface area contributed by atoms with E-state index in [9.17, 15) is 5.11 Å². The van der Waals surface area contributed by atoms with Gasteiger partial charge in [-0.05, 0) is 19.1 Å². The van der Waals surface area contributed by atoms with Gasteiger partial charge in [0.2, 0.25) is 0 Å². The van der Waals surface area contributed by atoms with Crippen LogP contribution in [0, 0.1) is 6.92 Å². The minimum atomic E-state index is 0.0135. The van der Waals surface area contributed by atoms with E-state index in [1.165, 1.54) is 5.56 Å². The summed E-state index contributed by atoms with van der Waals surface area (Å²) in [6, 6.07) is 12.2. The summed E-state index contributed by atoms with van der Waals surface area (Å²) in [4.78, 5) is 11.4. The highest BCUT2D eigenvalue weighted by Crippen LogP contribution is 2.21.